The van der Waals surface area contributed by atoms with Gasteiger partial charge in [-0.15, -0.1) is 0 Å². The summed E-state index contributed by atoms with van der Waals surface area (Å²) in [6.45, 7) is 1.90. The molecule has 0 spiro atoms. The third-order valence-corrected chi connectivity index (χ3v) is 4.06. The van der Waals surface area contributed by atoms with Crippen molar-refractivity contribution < 1.29 is 9.66 Å². The van der Waals surface area contributed by atoms with Crippen molar-refractivity contribution in [3.05, 3.63) is 58.1 Å². The van der Waals surface area contributed by atoms with Gasteiger partial charge in [0.1, 0.15) is 5.75 Å². The molecule has 0 aromatic heterocycles. The van der Waals surface area contributed by atoms with Crippen molar-refractivity contribution in [2.24, 2.45) is 5.73 Å². The van der Waals surface area contributed by atoms with E-state index in [1.807, 2.05) is 25.1 Å². The van der Waals surface area contributed by atoms with Gasteiger partial charge in [0.2, 0.25) is 0 Å². The molecule has 110 valence electrons. The molecule has 0 radical (unpaired) electrons. The van der Waals surface area contributed by atoms with Gasteiger partial charge in [-0.3, -0.25) is 10.1 Å². The minimum Gasteiger partial charge on any atom is -0.496 e. The van der Waals surface area contributed by atoms with Gasteiger partial charge in [-0.2, -0.15) is 0 Å². The van der Waals surface area contributed by atoms with Crippen LogP contribution in [0.15, 0.2) is 52.3 Å². The number of nitro benzene ring substituents is 1. The largest absolute Gasteiger partial charge is 0.496 e. The average Bonchev–Trinajstić information content (AvgIpc) is 2.47. The molecule has 2 aromatic rings. The van der Waals surface area contributed by atoms with Crippen molar-refractivity contribution in [1.29, 1.82) is 0 Å². The van der Waals surface area contributed by atoms with Crippen LogP contribution in [-0.2, 0) is 0 Å². The number of non-ortho nitro benzene ring substituents is 1. The van der Waals surface area contributed by atoms with Gasteiger partial charge in [0.15, 0.2) is 0 Å². The highest BCUT2D eigenvalue weighted by Crippen LogP contribution is 2.38. The lowest BCUT2D eigenvalue weighted by atomic mass is 10.1. The molecule has 0 heterocycles. The second kappa shape index (κ2) is 6.60. The van der Waals surface area contributed by atoms with Crippen molar-refractivity contribution >= 4 is 17.4 Å². The second-order valence-corrected chi connectivity index (χ2v) is 5.63. The monoisotopic (exact) mass is 304 g/mol. The molecule has 0 bridgehead atoms. The van der Waals surface area contributed by atoms with Gasteiger partial charge in [0, 0.05) is 33.5 Å². The molecular weight excluding hydrogens is 288 g/mol. The average molecular weight is 304 g/mol. The number of nitrogens with two attached hydrogens (primary N) is 1. The number of hydrogen-bond donors (Lipinski definition) is 1. The molecule has 0 unspecified atom stereocenters. The highest BCUT2D eigenvalue weighted by atomic mass is 32.2. The van der Waals surface area contributed by atoms with Crippen molar-refractivity contribution in [2.45, 2.75) is 22.8 Å². The van der Waals surface area contributed by atoms with Gasteiger partial charge in [-0.05, 0) is 31.2 Å². The normalized spacial score (nSPS) is 12.0. The van der Waals surface area contributed by atoms with Crippen LogP contribution in [-0.4, -0.2) is 12.0 Å². The summed E-state index contributed by atoms with van der Waals surface area (Å²) in [5.41, 5.74) is 7.04. The van der Waals surface area contributed by atoms with E-state index in [4.69, 9.17) is 10.5 Å². The maximum absolute atomic E-state index is 10.7. The molecule has 0 aliphatic carbocycles. The molecule has 0 saturated carbocycles. The molecule has 6 heteroatoms. The fourth-order valence-corrected chi connectivity index (χ4v) is 3.07. The van der Waals surface area contributed by atoms with E-state index in [-0.39, 0.29) is 11.7 Å². The third kappa shape index (κ3) is 3.53. The Bertz CT molecular complexity index is 642. The first-order valence-corrected chi connectivity index (χ1v) is 7.19. The van der Waals surface area contributed by atoms with Crippen LogP contribution in [0, 0.1) is 10.1 Å². The molecule has 0 fully saturated rings. The molecule has 2 aromatic carbocycles. The lowest BCUT2D eigenvalue weighted by Crippen LogP contribution is -2.08. The van der Waals surface area contributed by atoms with E-state index >= 15 is 0 Å². The Morgan fingerprint density at radius 3 is 2.43 bits per heavy atom. The summed E-state index contributed by atoms with van der Waals surface area (Å²) in [6.07, 6.45) is 0. The number of nitro groups is 1. The molecule has 0 amide bonds. The zero-order valence-corrected chi connectivity index (χ0v) is 12.6. The Kier molecular flexibility index (Phi) is 4.82. The number of rotatable bonds is 5. The third-order valence-electron chi connectivity index (χ3n) is 2.98. The highest BCUT2D eigenvalue weighted by Gasteiger charge is 2.14. The SMILES string of the molecule is COc1cccc(Sc2ccc([N+](=O)[O-])cc2)c1[C@H](C)N. The van der Waals surface area contributed by atoms with Gasteiger partial charge >= 0.3 is 0 Å². The molecule has 2 rings (SSSR count). The maximum atomic E-state index is 10.7. The van der Waals surface area contributed by atoms with Crippen LogP contribution in [0.2, 0.25) is 0 Å². The zero-order valence-electron chi connectivity index (χ0n) is 11.8. The molecule has 1 atom stereocenters. The Morgan fingerprint density at radius 1 is 1.24 bits per heavy atom. The predicted octanol–water partition coefficient (Wildman–Crippen LogP) is 3.77. The Morgan fingerprint density at radius 2 is 1.90 bits per heavy atom. The predicted molar refractivity (Wildman–Crippen MR) is 82.8 cm³/mol. The first-order chi connectivity index (χ1) is 10.0. The van der Waals surface area contributed by atoms with E-state index in [2.05, 4.69) is 0 Å². The summed E-state index contributed by atoms with van der Waals surface area (Å²) in [7, 11) is 1.61. The Labute approximate surface area is 127 Å². The van der Waals surface area contributed by atoms with E-state index in [1.54, 1.807) is 19.2 Å². The van der Waals surface area contributed by atoms with Crippen molar-refractivity contribution in [1.82, 2.24) is 0 Å². The molecule has 21 heavy (non-hydrogen) atoms. The minimum absolute atomic E-state index is 0.0809. The molecular formula is C15H16N2O3S. The minimum atomic E-state index is -0.409. The van der Waals surface area contributed by atoms with Crippen LogP contribution in [0.3, 0.4) is 0 Å². The van der Waals surface area contributed by atoms with Gasteiger partial charge in [-0.1, -0.05) is 17.8 Å². The lowest BCUT2D eigenvalue weighted by molar-refractivity contribution is -0.384. The summed E-state index contributed by atoms with van der Waals surface area (Å²) in [6, 6.07) is 12.0. The Balaban J connectivity index is 2.33. The van der Waals surface area contributed by atoms with Crippen LogP contribution in [0.25, 0.3) is 0 Å². The molecule has 0 aliphatic rings. The van der Waals surface area contributed by atoms with Crippen LogP contribution in [0.5, 0.6) is 5.75 Å². The molecule has 0 saturated heterocycles. The Hall–Kier alpha value is -2.05. The van der Waals surface area contributed by atoms with E-state index < -0.39 is 4.92 Å². The summed E-state index contributed by atoms with van der Waals surface area (Å²) in [5, 5.41) is 10.7. The van der Waals surface area contributed by atoms with E-state index in [1.165, 1.54) is 23.9 Å². The van der Waals surface area contributed by atoms with E-state index in [0.29, 0.717) is 0 Å². The molecule has 0 aliphatic heterocycles. The highest BCUT2D eigenvalue weighted by molar-refractivity contribution is 7.99. The van der Waals surface area contributed by atoms with Crippen molar-refractivity contribution in [2.75, 3.05) is 7.11 Å². The van der Waals surface area contributed by atoms with Crippen LogP contribution < -0.4 is 10.5 Å². The van der Waals surface area contributed by atoms with Crippen LogP contribution in [0.4, 0.5) is 5.69 Å². The topological polar surface area (TPSA) is 78.4 Å². The second-order valence-electron chi connectivity index (χ2n) is 4.51. The zero-order chi connectivity index (χ0) is 15.4. The number of hydrogen-bond acceptors (Lipinski definition) is 5. The lowest BCUT2D eigenvalue weighted by Gasteiger charge is -2.16. The number of methoxy groups -OCH3 is 1. The van der Waals surface area contributed by atoms with Gasteiger partial charge in [-0.25, -0.2) is 0 Å². The first-order valence-electron chi connectivity index (χ1n) is 6.37. The van der Waals surface area contributed by atoms with Gasteiger partial charge in [0.05, 0.1) is 12.0 Å². The maximum Gasteiger partial charge on any atom is 0.269 e. The van der Waals surface area contributed by atoms with Crippen LogP contribution in [0.1, 0.15) is 18.5 Å². The smallest absolute Gasteiger partial charge is 0.269 e. The van der Waals surface area contributed by atoms with E-state index in [9.17, 15) is 10.1 Å². The summed E-state index contributed by atoms with van der Waals surface area (Å²) in [4.78, 5) is 12.2. The van der Waals surface area contributed by atoms with Crippen molar-refractivity contribution in [3.8, 4) is 5.75 Å². The van der Waals surface area contributed by atoms with Crippen molar-refractivity contribution in [3.63, 3.8) is 0 Å². The fraction of sp³-hybridized carbons (Fsp3) is 0.200. The standard InChI is InChI=1S/C15H16N2O3S/c1-10(16)15-13(20-2)4-3-5-14(15)21-12-8-6-11(7-9-12)17(18)19/h3-10H,16H2,1-2H3/t10-/m0/s1. The fourth-order valence-electron chi connectivity index (χ4n) is 2.00. The quantitative estimate of drug-likeness (QED) is 0.672. The summed E-state index contributed by atoms with van der Waals surface area (Å²) >= 11 is 1.51. The number of nitrogens with zero attached hydrogens (tertiary/aromatic N) is 1. The summed E-state index contributed by atoms with van der Waals surface area (Å²) < 4.78 is 5.35. The number of ether oxygens (including phenoxy) is 1. The van der Waals surface area contributed by atoms with Crippen LogP contribution >= 0.6 is 11.8 Å². The first kappa shape index (κ1) is 15.3. The molecule has 2 N–H and O–H groups in total. The number of benzene rings is 2. The van der Waals surface area contributed by atoms with Gasteiger partial charge in [0.25, 0.3) is 5.69 Å². The van der Waals surface area contributed by atoms with Gasteiger partial charge < -0.3 is 10.5 Å². The molecule has 5 nitrogen and oxygen atoms in total. The summed E-state index contributed by atoms with van der Waals surface area (Å²) in [5.74, 6) is 0.747. The van der Waals surface area contributed by atoms with E-state index in [0.717, 1.165) is 21.1 Å².